The molecule has 2 atom stereocenters. The van der Waals surface area contributed by atoms with E-state index in [4.69, 9.17) is 0 Å². The van der Waals surface area contributed by atoms with Gasteiger partial charge in [-0.1, -0.05) is 283 Å². The van der Waals surface area contributed by atoms with Gasteiger partial charge >= 0.3 is 0 Å². The van der Waals surface area contributed by atoms with Gasteiger partial charge in [0.05, 0.1) is 0 Å². The fourth-order valence-corrected chi connectivity index (χ4v) is 15.1. The van der Waals surface area contributed by atoms with Gasteiger partial charge in [0.2, 0.25) is 0 Å². The number of para-hydroxylation sites is 2. The summed E-state index contributed by atoms with van der Waals surface area (Å²) in [5.74, 6) is 0.748. The summed E-state index contributed by atoms with van der Waals surface area (Å²) in [5.41, 5.74) is 23.7. The molecule has 11 aromatic rings. The molecule has 2 heteroatoms. The van der Waals surface area contributed by atoms with Crippen LogP contribution in [0, 0.1) is 17.3 Å². The summed E-state index contributed by atoms with van der Waals surface area (Å²) in [6.07, 6.45) is 28.5. The SMILES string of the molecule is C=C/C=C(/C=C/c1ccc2c3ccc(/C=C/c4ccc5c(c4)C(C)(C)C4=C5CCC(N(c5ccccc5)c5ccc(-c6ccccc6)cc5)=C4)cc3c3ccccc3c2c1)\C=C1/CC2C=CC(N(c3ccccc3)c3ccc(-c4ccccc4)cc3)=CC2C1(C)C. The Kier molecular flexibility index (Phi) is 14.9. The van der Waals surface area contributed by atoms with Crippen molar-refractivity contribution in [2.24, 2.45) is 17.3 Å². The van der Waals surface area contributed by atoms with E-state index in [1.54, 1.807) is 0 Å². The molecule has 440 valence electrons. The first-order valence-electron chi connectivity index (χ1n) is 32.3. The second-order valence-electron chi connectivity index (χ2n) is 26.1. The van der Waals surface area contributed by atoms with Crippen LogP contribution in [0.4, 0.5) is 22.7 Å². The Morgan fingerprint density at radius 3 is 1.54 bits per heavy atom. The lowest BCUT2D eigenvalue weighted by atomic mass is 9.74. The summed E-state index contributed by atoms with van der Waals surface area (Å²) >= 11 is 0. The largest absolute Gasteiger partial charge is 0.314 e. The van der Waals surface area contributed by atoms with Gasteiger partial charge in [-0.2, -0.15) is 0 Å². The first-order valence-corrected chi connectivity index (χ1v) is 32.3. The second-order valence-corrected chi connectivity index (χ2v) is 26.1. The van der Waals surface area contributed by atoms with Crippen molar-refractivity contribution in [2.45, 2.75) is 52.4 Å². The minimum absolute atomic E-state index is 0.0712. The minimum Gasteiger partial charge on any atom is -0.314 e. The quantitative estimate of drug-likeness (QED) is 0.0608. The molecule has 0 aliphatic heterocycles. The van der Waals surface area contributed by atoms with Crippen molar-refractivity contribution in [1.29, 1.82) is 0 Å². The normalized spacial score (nSPS) is 17.8. The average molecular weight is 1170 g/mol. The first kappa shape index (κ1) is 56.9. The molecule has 11 aromatic carbocycles. The molecule has 2 unspecified atom stereocenters. The van der Waals surface area contributed by atoms with Crippen LogP contribution in [0.1, 0.15) is 74.8 Å². The first-order chi connectivity index (χ1) is 44.5. The Balaban J connectivity index is 0.672. The van der Waals surface area contributed by atoms with Crippen molar-refractivity contribution < 1.29 is 0 Å². The van der Waals surface area contributed by atoms with Gasteiger partial charge in [-0.15, -0.1) is 0 Å². The Bertz CT molecular complexity index is 4850. The standard InChI is InChI=1S/C89H74N2/c1-6-21-61(54-70-58-69-43-48-75(59-85(69)88(70,2)3)90(71-26-15-9-16-27-71)73-44-39-67(40-45-73)65-22-11-7-12-23-65)32-33-62-36-50-79-80-51-37-63(56-84(80)78-31-20-19-30-77(78)83(79)55-62)34-35-64-38-52-81-82-53-49-76(60-87(82)89(4,5)86(81)57-64)91(72-28-17-10-18-29-72)74-46-41-68(42-47-74)66-24-13-8-14-25-66/h6-48,50-52,54-57,59-60,69,85H,1,49,53,58H2,2-5H3/b33-32+,35-34+,61-21-,70-54+. The molecular weight excluding hydrogens is 1100 g/mol. The average Bonchev–Trinajstić information content (AvgIpc) is 1.70. The van der Waals surface area contributed by atoms with Crippen molar-refractivity contribution in [3.63, 3.8) is 0 Å². The monoisotopic (exact) mass is 1170 g/mol. The maximum atomic E-state index is 4.17. The lowest BCUT2D eigenvalue weighted by Crippen LogP contribution is -2.26. The minimum atomic E-state index is -0.154. The number of benzene rings is 11. The molecule has 0 radical (unpaired) electrons. The predicted octanol–water partition coefficient (Wildman–Crippen LogP) is 24.2. The van der Waals surface area contributed by atoms with Gasteiger partial charge in [0.15, 0.2) is 0 Å². The van der Waals surface area contributed by atoms with Gasteiger partial charge in [0, 0.05) is 39.6 Å². The van der Waals surface area contributed by atoms with Gasteiger partial charge < -0.3 is 9.80 Å². The number of hydrogen-bond donors (Lipinski definition) is 0. The third-order valence-electron chi connectivity index (χ3n) is 19.9. The van der Waals surface area contributed by atoms with E-state index in [-0.39, 0.29) is 10.8 Å². The summed E-state index contributed by atoms with van der Waals surface area (Å²) in [6.45, 7) is 13.9. The zero-order valence-electron chi connectivity index (χ0n) is 52.4. The lowest BCUT2D eigenvalue weighted by Gasteiger charge is -2.34. The summed E-state index contributed by atoms with van der Waals surface area (Å²) < 4.78 is 0. The fourth-order valence-electron chi connectivity index (χ4n) is 15.1. The molecule has 4 aliphatic carbocycles. The highest BCUT2D eigenvalue weighted by Crippen LogP contribution is 2.55. The molecule has 91 heavy (non-hydrogen) atoms. The zero-order chi connectivity index (χ0) is 61.6. The van der Waals surface area contributed by atoms with Crippen molar-refractivity contribution in [3.8, 4) is 22.3 Å². The maximum Gasteiger partial charge on any atom is 0.0461 e. The maximum absolute atomic E-state index is 4.17. The zero-order valence-corrected chi connectivity index (χ0v) is 52.4. The Labute approximate surface area is 537 Å². The number of nitrogens with zero attached hydrogens (tertiary/aromatic N) is 2. The van der Waals surface area contributed by atoms with Crippen LogP contribution in [0.2, 0.25) is 0 Å². The molecular formula is C89H74N2. The summed E-state index contributed by atoms with van der Waals surface area (Å²) in [4.78, 5) is 4.88. The number of allylic oxidation sites excluding steroid dienone is 13. The number of rotatable bonds is 14. The van der Waals surface area contributed by atoms with E-state index in [2.05, 4.69) is 354 Å². The van der Waals surface area contributed by atoms with E-state index in [1.807, 2.05) is 6.08 Å². The van der Waals surface area contributed by atoms with Gasteiger partial charge in [0.25, 0.3) is 0 Å². The Morgan fingerprint density at radius 2 is 0.956 bits per heavy atom. The van der Waals surface area contributed by atoms with Crippen molar-refractivity contribution in [3.05, 3.63) is 360 Å². The van der Waals surface area contributed by atoms with Gasteiger partial charge in [0.1, 0.15) is 0 Å². The second kappa shape index (κ2) is 23.8. The van der Waals surface area contributed by atoms with Crippen LogP contribution in [-0.2, 0) is 5.41 Å². The summed E-state index contributed by atoms with van der Waals surface area (Å²) in [6, 6.07) is 91.0. The third kappa shape index (κ3) is 10.8. The molecule has 0 bridgehead atoms. The van der Waals surface area contributed by atoms with Gasteiger partial charge in [-0.25, -0.2) is 0 Å². The van der Waals surface area contributed by atoms with Crippen LogP contribution in [0.15, 0.2) is 332 Å². The molecule has 0 spiro atoms. The molecule has 0 aromatic heterocycles. The molecule has 1 fully saturated rings. The van der Waals surface area contributed by atoms with Crippen molar-refractivity contribution >= 4 is 78.9 Å². The van der Waals surface area contributed by atoms with E-state index in [0.29, 0.717) is 11.8 Å². The van der Waals surface area contributed by atoms with E-state index in [1.165, 1.54) is 122 Å². The predicted molar refractivity (Wildman–Crippen MR) is 391 cm³/mol. The topological polar surface area (TPSA) is 6.48 Å². The molecule has 0 saturated heterocycles. The van der Waals surface area contributed by atoms with Crippen molar-refractivity contribution in [2.75, 3.05) is 9.80 Å². The highest BCUT2D eigenvalue weighted by molar-refractivity contribution is 6.25. The van der Waals surface area contributed by atoms with Crippen LogP contribution in [0.3, 0.4) is 0 Å². The highest BCUT2D eigenvalue weighted by Gasteiger charge is 2.45. The van der Waals surface area contributed by atoms with Gasteiger partial charge in [-0.05, 0) is 208 Å². The summed E-state index contributed by atoms with van der Waals surface area (Å²) in [5, 5.41) is 7.58. The lowest BCUT2D eigenvalue weighted by molar-refractivity contribution is 0.328. The van der Waals surface area contributed by atoms with Crippen LogP contribution in [-0.4, -0.2) is 0 Å². The fraction of sp³-hybridized carbons (Fsp3) is 0.124. The molecule has 0 amide bonds. The van der Waals surface area contributed by atoms with Crippen LogP contribution in [0.25, 0.3) is 78.4 Å². The van der Waals surface area contributed by atoms with E-state index in [0.717, 1.165) is 36.2 Å². The number of hydrogen-bond acceptors (Lipinski definition) is 2. The Hall–Kier alpha value is -10.5. The van der Waals surface area contributed by atoms with Crippen LogP contribution >= 0.6 is 0 Å². The van der Waals surface area contributed by atoms with E-state index < -0.39 is 0 Å². The van der Waals surface area contributed by atoms with E-state index >= 15 is 0 Å². The number of fused-ring (bicyclic) bond motifs is 9. The molecule has 0 heterocycles. The molecule has 1 saturated carbocycles. The highest BCUT2D eigenvalue weighted by atomic mass is 15.2. The molecule has 2 nitrogen and oxygen atoms in total. The summed E-state index contributed by atoms with van der Waals surface area (Å²) in [7, 11) is 0. The van der Waals surface area contributed by atoms with Crippen LogP contribution in [0.5, 0.6) is 0 Å². The number of anilines is 4. The third-order valence-corrected chi connectivity index (χ3v) is 19.9. The molecule has 0 N–H and O–H groups in total. The molecule has 15 rings (SSSR count). The van der Waals surface area contributed by atoms with E-state index in [9.17, 15) is 0 Å². The van der Waals surface area contributed by atoms with Crippen LogP contribution < -0.4 is 9.80 Å². The smallest absolute Gasteiger partial charge is 0.0461 e. The van der Waals surface area contributed by atoms with Crippen molar-refractivity contribution in [1.82, 2.24) is 0 Å². The molecule has 4 aliphatic rings. The van der Waals surface area contributed by atoms with Gasteiger partial charge in [-0.3, -0.25) is 0 Å². The Morgan fingerprint density at radius 1 is 0.473 bits per heavy atom.